The van der Waals surface area contributed by atoms with Crippen molar-refractivity contribution >= 4 is 29.2 Å². The van der Waals surface area contributed by atoms with Gasteiger partial charge in [-0.1, -0.05) is 25.4 Å². The first-order valence-electron chi connectivity index (χ1n) is 6.34. The lowest BCUT2D eigenvalue weighted by molar-refractivity contribution is 0.324. The molecule has 102 valence electrons. The number of aromatic nitrogens is 1. The van der Waals surface area contributed by atoms with Crippen LogP contribution in [0.15, 0.2) is 12.1 Å². The van der Waals surface area contributed by atoms with Crippen molar-refractivity contribution in [1.29, 1.82) is 0 Å². The summed E-state index contributed by atoms with van der Waals surface area (Å²) in [5.74, 6) is 2.86. The van der Waals surface area contributed by atoms with E-state index in [1.54, 1.807) is 0 Å². The molecule has 0 atom stereocenters. The van der Waals surface area contributed by atoms with Crippen LogP contribution in [0, 0.1) is 0 Å². The summed E-state index contributed by atoms with van der Waals surface area (Å²) in [4.78, 5) is 6.89. The van der Waals surface area contributed by atoms with E-state index in [0.29, 0.717) is 0 Å². The number of thioether (sulfide) groups is 1. The van der Waals surface area contributed by atoms with E-state index >= 15 is 0 Å². The summed E-state index contributed by atoms with van der Waals surface area (Å²) in [6, 6.07) is 3.80. The molecule has 0 aliphatic heterocycles. The van der Waals surface area contributed by atoms with E-state index < -0.39 is 0 Å². The summed E-state index contributed by atoms with van der Waals surface area (Å²) < 4.78 is 0. The summed E-state index contributed by atoms with van der Waals surface area (Å²) in [5, 5.41) is 3.79. The van der Waals surface area contributed by atoms with E-state index in [9.17, 15) is 0 Å². The molecule has 1 rings (SSSR count). The Kier molecular flexibility index (Phi) is 7.47. The van der Waals surface area contributed by atoms with E-state index in [0.717, 1.165) is 47.7 Å². The van der Waals surface area contributed by atoms with Crippen LogP contribution >= 0.6 is 23.4 Å². The molecule has 18 heavy (non-hydrogen) atoms. The monoisotopic (exact) mass is 287 g/mol. The standard InChI is InChI=1S/C13H22ClN3S/c1-4-17(5-2)8-9-18-10-12-11(14)6-7-13(15-3)16-12/h6-7H,4-5,8-10H2,1-3H3,(H,15,16). The van der Waals surface area contributed by atoms with Gasteiger partial charge in [-0.05, 0) is 25.2 Å². The first-order valence-corrected chi connectivity index (χ1v) is 7.87. The van der Waals surface area contributed by atoms with Gasteiger partial charge in [-0.15, -0.1) is 0 Å². The number of anilines is 1. The SMILES string of the molecule is CCN(CC)CCSCc1nc(NC)ccc1Cl. The molecule has 0 saturated heterocycles. The molecule has 0 amide bonds. The molecule has 3 nitrogen and oxygen atoms in total. The lowest BCUT2D eigenvalue weighted by Crippen LogP contribution is -2.25. The highest BCUT2D eigenvalue weighted by molar-refractivity contribution is 7.98. The summed E-state index contributed by atoms with van der Waals surface area (Å²) in [6.07, 6.45) is 0. The molecule has 1 aromatic heterocycles. The minimum absolute atomic E-state index is 0.754. The Labute approximate surface area is 119 Å². The number of hydrogen-bond donors (Lipinski definition) is 1. The molecule has 0 bridgehead atoms. The zero-order chi connectivity index (χ0) is 13.4. The van der Waals surface area contributed by atoms with Crippen molar-refractivity contribution in [2.45, 2.75) is 19.6 Å². The Bertz CT molecular complexity index is 356. The van der Waals surface area contributed by atoms with Crippen molar-refractivity contribution < 1.29 is 0 Å². The second-order valence-corrected chi connectivity index (χ2v) is 5.47. The van der Waals surface area contributed by atoms with Gasteiger partial charge in [0.15, 0.2) is 0 Å². The molecule has 1 heterocycles. The summed E-state index contributed by atoms with van der Waals surface area (Å²) >= 11 is 8.02. The molecule has 1 aromatic rings. The van der Waals surface area contributed by atoms with E-state index in [-0.39, 0.29) is 0 Å². The van der Waals surface area contributed by atoms with Crippen LogP contribution in [-0.2, 0) is 5.75 Å². The van der Waals surface area contributed by atoms with Gasteiger partial charge in [0, 0.05) is 25.1 Å². The largest absolute Gasteiger partial charge is 0.373 e. The van der Waals surface area contributed by atoms with Crippen molar-refractivity contribution in [2.24, 2.45) is 0 Å². The third-order valence-electron chi connectivity index (χ3n) is 2.86. The minimum Gasteiger partial charge on any atom is -0.373 e. The number of hydrogen-bond acceptors (Lipinski definition) is 4. The second-order valence-electron chi connectivity index (χ2n) is 3.95. The Morgan fingerprint density at radius 3 is 2.67 bits per heavy atom. The summed E-state index contributed by atoms with van der Waals surface area (Å²) in [6.45, 7) is 7.75. The Hall–Kier alpha value is -0.450. The molecule has 0 fully saturated rings. The molecule has 5 heteroatoms. The minimum atomic E-state index is 0.754. The molecule has 1 N–H and O–H groups in total. The van der Waals surface area contributed by atoms with Crippen LogP contribution in [0.4, 0.5) is 5.82 Å². The normalized spacial score (nSPS) is 10.9. The van der Waals surface area contributed by atoms with Crippen LogP contribution in [0.5, 0.6) is 0 Å². The highest BCUT2D eigenvalue weighted by Gasteiger charge is 2.04. The zero-order valence-corrected chi connectivity index (χ0v) is 12.9. The molecular weight excluding hydrogens is 266 g/mol. The van der Waals surface area contributed by atoms with Gasteiger partial charge in [-0.25, -0.2) is 4.98 Å². The van der Waals surface area contributed by atoms with Crippen LogP contribution in [0.25, 0.3) is 0 Å². The number of rotatable bonds is 8. The number of nitrogens with zero attached hydrogens (tertiary/aromatic N) is 2. The molecule has 0 aliphatic carbocycles. The Morgan fingerprint density at radius 1 is 1.33 bits per heavy atom. The third kappa shape index (κ3) is 5.04. The maximum atomic E-state index is 6.14. The van der Waals surface area contributed by atoms with Crippen LogP contribution in [0.1, 0.15) is 19.5 Å². The topological polar surface area (TPSA) is 28.2 Å². The third-order valence-corrected chi connectivity index (χ3v) is 4.15. The molecule has 0 spiro atoms. The van der Waals surface area contributed by atoms with Gasteiger partial charge in [-0.2, -0.15) is 11.8 Å². The highest BCUT2D eigenvalue weighted by atomic mass is 35.5. The van der Waals surface area contributed by atoms with Gasteiger partial charge in [0.2, 0.25) is 0 Å². The highest BCUT2D eigenvalue weighted by Crippen LogP contribution is 2.21. The smallest absolute Gasteiger partial charge is 0.126 e. The summed E-state index contributed by atoms with van der Waals surface area (Å²) in [7, 11) is 1.87. The number of nitrogens with one attached hydrogen (secondary N) is 1. The van der Waals surface area contributed by atoms with Crippen molar-refractivity contribution in [2.75, 3.05) is 37.8 Å². The molecular formula is C13H22ClN3S. The van der Waals surface area contributed by atoms with E-state index in [1.165, 1.54) is 0 Å². The van der Waals surface area contributed by atoms with E-state index in [2.05, 4.69) is 29.0 Å². The fourth-order valence-corrected chi connectivity index (χ4v) is 2.82. The van der Waals surface area contributed by atoms with E-state index in [4.69, 9.17) is 11.6 Å². The van der Waals surface area contributed by atoms with Crippen molar-refractivity contribution in [1.82, 2.24) is 9.88 Å². The van der Waals surface area contributed by atoms with E-state index in [1.807, 2.05) is 30.9 Å². The maximum Gasteiger partial charge on any atom is 0.126 e. The predicted octanol–water partition coefficient (Wildman–Crippen LogP) is 3.35. The van der Waals surface area contributed by atoms with Gasteiger partial charge < -0.3 is 10.2 Å². The van der Waals surface area contributed by atoms with Gasteiger partial charge in [0.1, 0.15) is 5.82 Å². The lowest BCUT2D eigenvalue weighted by atomic mass is 10.3. The molecule has 0 radical (unpaired) electrons. The fraction of sp³-hybridized carbons (Fsp3) is 0.615. The lowest BCUT2D eigenvalue weighted by Gasteiger charge is -2.17. The van der Waals surface area contributed by atoms with Crippen LogP contribution in [-0.4, -0.2) is 42.3 Å². The Balaban J connectivity index is 2.39. The van der Waals surface area contributed by atoms with Crippen molar-refractivity contribution in [3.63, 3.8) is 0 Å². The molecule has 0 aliphatic rings. The predicted molar refractivity (Wildman–Crippen MR) is 82.7 cm³/mol. The average Bonchev–Trinajstić information content (AvgIpc) is 2.41. The zero-order valence-electron chi connectivity index (χ0n) is 11.4. The molecule has 0 aromatic carbocycles. The van der Waals surface area contributed by atoms with Gasteiger partial charge in [-0.3, -0.25) is 0 Å². The van der Waals surface area contributed by atoms with Crippen LogP contribution in [0.3, 0.4) is 0 Å². The van der Waals surface area contributed by atoms with Crippen LogP contribution in [0.2, 0.25) is 5.02 Å². The first-order chi connectivity index (χ1) is 8.71. The summed E-state index contributed by atoms with van der Waals surface area (Å²) in [5.41, 5.74) is 0.966. The molecule has 0 saturated carbocycles. The van der Waals surface area contributed by atoms with Crippen LogP contribution < -0.4 is 5.32 Å². The fourth-order valence-electron chi connectivity index (χ4n) is 1.63. The van der Waals surface area contributed by atoms with Gasteiger partial charge in [0.25, 0.3) is 0 Å². The second kappa shape index (κ2) is 8.62. The first kappa shape index (κ1) is 15.6. The number of halogens is 1. The molecule has 0 unspecified atom stereocenters. The van der Waals surface area contributed by atoms with Crippen molar-refractivity contribution in [3.8, 4) is 0 Å². The maximum absolute atomic E-state index is 6.14. The average molecular weight is 288 g/mol. The Morgan fingerprint density at radius 2 is 2.06 bits per heavy atom. The number of pyridine rings is 1. The van der Waals surface area contributed by atoms with Gasteiger partial charge >= 0.3 is 0 Å². The van der Waals surface area contributed by atoms with Crippen molar-refractivity contribution in [3.05, 3.63) is 22.8 Å². The quantitative estimate of drug-likeness (QED) is 0.742. The van der Waals surface area contributed by atoms with Gasteiger partial charge in [0.05, 0.1) is 10.7 Å².